The Morgan fingerprint density at radius 2 is 1.92 bits per heavy atom. The van der Waals surface area contributed by atoms with E-state index in [2.05, 4.69) is 4.99 Å². The van der Waals surface area contributed by atoms with E-state index in [1.54, 1.807) is 7.11 Å². The van der Waals surface area contributed by atoms with Gasteiger partial charge in [-0.3, -0.25) is 4.99 Å². The molecule has 1 aromatic carbocycles. The Labute approximate surface area is 157 Å². The minimum atomic E-state index is -1.17. The zero-order chi connectivity index (χ0) is 18.8. The summed E-state index contributed by atoms with van der Waals surface area (Å²) < 4.78 is 11.0. The minimum absolute atomic E-state index is 0.397. The monoisotopic (exact) mass is 382 g/mol. The van der Waals surface area contributed by atoms with Gasteiger partial charge in [-0.15, -0.1) is 0 Å². The normalized spacial score (nSPS) is 31.9. The first-order valence-electron chi connectivity index (χ1n) is 8.65. The zero-order valence-electron chi connectivity index (χ0n) is 15.1. The first-order chi connectivity index (χ1) is 12.4. The Kier molecular flexibility index (Phi) is 6.09. The lowest BCUT2D eigenvalue weighted by Gasteiger charge is -2.40. The molecule has 0 aromatic heterocycles. The third-order valence-corrected chi connectivity index (χ3v) is 6.04. The van der Waals surface area contributed by atoms with Crippen molar-refractivity contribution in [1.82, 2.24) is 4.90 Å². The van der Waals surface area contributed by atoms with E-state index in [9.17, 15) is 15.3 Å². The molecule has 6 atom stereocenters. The zero-order valence-corrected chi connectivity index (χ0v) is 16.0. The lowest BCUT2D eigenvalue weighted by Crippen LogP contribution is -2.58. The largest absolute Gasteiger partial charge is 0.497 e. The third-order valence-electron chi connectivity index (χ3n) is 4.74. The van der Waals surface area contributed by atoms with Crippen LogP contribution in [0.4, 0.5) is 0 Å². The summed E-state index contributed by atoms with van der Waals surface area (Å²) in [6.45, 7) is 0. The number of ether oxygens (including phenoxy) is 2. The Balaban J connectivity index is 1.60. The number of hydrogen-bond acceptors (Lipinski definition) is 8. The maximum Gasteiger partial charge on any atom is 0.161 e. The second kappa shape index (κ2) is 8.14. The van der Waals surface area contributed by atoms with Crippen molar-refractivity contribution in [2.45, 2.75) is 48.7 Å². The minimum Gasteiger partial charge on any atom is -0.497 e. The topological polar surface area (TPSA) is 94.8 Å². The maximum atomic E-state index is 10.5. The van der Waals surface area contributed by atoms with Gasteiger partial charge in [0.15, 0.2) is 5.17 Å². The highest BCUT2D eigenvalue weighted by Gasteiger charge is 2.50. The molecule has 26 heavy (non-hydrogen) atoms. The van der Waals surface area contributed by atoms with Gasteiger partial charge in [0.1, 0.15) is 35.5 Å². The van der Waals surface area contributed by atoms with Gasteiger partial charge in [-0.1, -0.05) is 23.9 Å². The molecule has 1 saturated heterocycles. The van der Waals surface area contributed by atoms with Crippen LogP contribution in [0.5, 0.6) is 5.75 Å². The van der Waals surface area contributed by atoms with Crippen molar-refractivity contribution in [3.05, 3.63) is 29.8 Å². The summed E-state index contributed by atoms with van der Waals surface area (Å²) in [7, 11) is 5.35. The van der Waals surface area contributed by atoms with Crippen LogP contribution in [-0.4, -0.2) is 82.5 Å². The molecule has 1 fully saturated rings. The molecule has 144 valence electrons. The Hall–Kier alpha value is -1.32. The molecule has 3 rings (SSSR count). The number of aliphatic hydroxyl groups is 3. The van der Waals surface area contributed by atoms with Gasteiger partial charge in [0.2, 0.25) is 0 Å². The number of fused-ring (bicyclic) bond motifs is 1. The number of methoxy groups -OCH3 is 1. The number of benzene rings is 1. The van der Waals surface area contributed by atoms with Gasteiger partial charge in [0, 0.05) is 14.1 Å². The quantitative estimate of drug-likeness (QED) is 0.681. The van der Waals surface area contributed by atoms with Crippen LogP contribution in [0.25, 0.3) is 0 Å². The van der Waals surface area contributed by atoms with Gasteiger partial charge in [-0.05, 0) is 30.5 Å². The Morgan fingerprint density at radius 1 is 1.23 bits per heavy atom. The van der Waals surface area contributed by atoms with Crippen molar-refractivity contribution in [3.8, 4) is 5.75 Å². The molecule has 2 aliphatic rings. The fraction of sp³-hybridized carbons (Fsp3) is 0.611. The summed E-state index contributed by atoms with van der Waals surface area (Å²) in [4.78, 5) is 6.27. The summed E-state index contributed by atoms with van der Waals surface area (Å²) in [6, 6.07) is 7.11. The van der Waals surface area contributed by atoms with Crippen LogP contribution in [0.2, 0.25) is 0 Å². The Morgan fingerprint density at radius 3 is 2.54 bits per heavy atom. The Bertz CT molecular complexity index is 639. The number of amidine groups is 1. The van der Waals surface area contributed by atoms with E-state index in [0.29, 0.717) is 12.8 Å². The van der Waals surface area contributed by atoms with E-state index in [-0.39, 0.29) is 0 Å². The molecular weight excluding hydrogens is 356 g/mol. The van der Waals surface area contributed by atoms with Crippen LogP contribution in [0.15, 0.2) is 29.3 Å². The van der Waals surface area contributed by atoms with Crippen LogP contribution in [0.1, 0.15) is 12.0 Å². The summed E-state index contributed by atoms with van der Waals surface area (Å²) in [5, 5.41) is 32.1. The number of hydrogen-bond donors (Lipinski definition) is 3. The van der Waals surface area contributed by atoms with Gasteiger partial charge >= 0.3 is 0 Å². The van der Waals surface area contributed by atoms with Gasteiger partial charge in [-0.2, -0.15) is 0 Å². The molecule has 0 aliphatic carbocycles. The van der Waals surface area contributed by atoms with Crippen LogP contribution in [0, 0.1) is 0 Å². The molecule has 0 amide bonds. The SMILES string of the molecule is COc1ccc(CCC(O)C2OC3SC(N(C)C)=NC3C(O)C2O)cc1. The summed E-state index contributed by atoms with van der Waals surface area (Å²) in [6.07, 6.45) is -2.90. The second-order valence-electron chi connectivity index (χ2n) is 6.82. The third kappa shape index (κ3) is 3.99. The molecule has 0 spiro atoms. The molecule has 7 nitrogen and oxygen atoms in total. The summed E-state index contributed by atoms with van der Waals surface area (Å²) in [5.74, 6) is 0.782. The molecule has 6 unspecified atom stereocenters. The smallest absolute Gasteiger partial charge is 0.161 e. The predicted octanol–water partition coefficient (Wildman–Crippen LogP) is 0.468. The van der Waals surface area contributed by atoms with Crippen molar-refractivity contribution in [3.63, 3.8) is 0 Å². The molecule has 0 saturated carbocycles. The number of thioether (sulfide) groups is 1. The van der Waals surface area contributed by atoms with E-state index in [0.717, 1.165) is 16.5 Å². The standard InChI is InChI=1S/C18H26N2O5S/c1-20(2)18-19-13-14(22)15(23)16(25-17(13)26-18)12(21)9-6-10-4-7-11(24-3)8-5-10/h4-5,7-8,12-17,21-23H,6,9H2,1-3H3. The first kappa shape index (κ1) is 19.4. The summed E-state index contributed by atoms with van der Waals surface area (Å²) in [5.41, 5.74) is 0.661. The highest BCUT2D eigenvalue weighted by Crippen LogP contribution is 2.38. The van der Waals surface area contributed by atoms with E-state index in [1.807, 2.05) is 43.3 Å². The molecule has 3 N–H and O–H groups in total. The van der Waals surface area contributed by atoms with Crippen LogP contribution >= 0.6 is 11.8 Å². The van der Waals surface area contributed by atoms with Crippen molar-refractivity contribution in [1.29, 1.82) is 0 Å². The lowest BCUT2D eigenvalue weighted by molar-refractivity contribution is -0.185. The van der Waals surface area contributed by atoms with E-state index in [4.69, 9.17) is 9.47 Å². The molecule has 8 heteroatoms. The fourth-order valence-electron chi connectivity index (χ4n) is 3.18. The van der Waals surface area contributed by atoms with Crippen LogP contribution in [-0.2, 0) is 11.2 Å². The van der Waals surface area contributed by atoms with Gasteiger partial charge in [-0.25, -0.2) is 0 Å². The number of aryl methyl sites for hydroxylation is 1. The van der Waals surface area contributed by atoms with Crippen molar-refractivity contribution in [2.24, 2.45) is 4.99 Å². The van der Waals surface area contributed by atoms with Crippen molar-refractivity contribution < 1.29 is 24.8 Å². The maximum absolute atomic E-state index is 10.5. The lowest BCUT2D eigenvalue weighted by atomic mass is 9.92. The van der Waals surface area contributed by atoms with E-state index in [1.165, 1.54) is 11.8 Å². The van der Waals surface area contributed by atoms with Gasteiger partial charge in [0.05, 0.1) is 13.2 Å². The first-order valence-corrected chi connectivity index (χ1v) is 9.53. The summed E-state index contributed by atoms with van der Waals surface area (Å²) >= 11 is 1.41. The highest BCUT2D eigenvalue weighted by molar-refractivity contribution is 8.14. The molecule has 0 bridgehead atoms. The average molecular weight is 382 g/mol. The average Bonchev–Trinajstić information content (AvgIpc) is 3.08. The fourth-order valence-corrected chi connectivity index (χ4v) is 4.33. The molecule has 1 aromatic rings. The second-order valence-corrected chi connectivity index (χ2v) is 7.88. The molecule has 0 radical (unpaired) electrons. The predicted molar refractivity (Wildman–Crippen MR) is 100 cm³/mol. The van der Waals surface area contributed by atoms with Crippen molar-refractivity contribution in [2.75, 3.05) is 21.2 Å². The van der Waals surface area contributed by atoms with Gasteiger partial charge < -0.3 is 29.7 Å². The number of aliphatic hydroxyl groups excluding tert-OH is 3. The van der Waals surface area contributed by atoms with Crippen LogP contribution < -0.4 is 4.74 Å². The van der Waals surface area contributed by atoms with Gasteiger partial charge in [0.25, 0.3) is 0 Å². The van der Waals surface area contributed by atoms with Crippen molar-refractivity contribution >= 4 is 16.9 Å². The molecular formula is C18H26N2O5S. The number of rotatable bonds is 5. The molecule has 2 aliphatic heterocycles. The highest BCUT2D eigenvalue weighted by atomic mass is 32.2. The number of nitrogens with zero attached hydrogens (tertiary/aromatic N) is 2. The van der Waals surface area contributed by atoms with E-state index >= 15 is 0 Å². The van der Waals surface area contributed by atoms with E-state index < -0.39 is 35.9 Å². The van der Waals surface area contributed by atoms with Crippen LogP contribution in [0.3, 0.4) is 0 Å². The molecule has 2 heterocycles. The number of aliphatic imine (C=N–C) groups is 1.